The summed E-state index contributed by atoms with van der Waals surface area (Å²) in [5, 5.41) is 0. The van der Waals surface area contributed by atoms with Crippen molar-refractivity contribution in [3.63, 3.8) is 0 Å². The topological polar surface area (TPSA) is 198 Å². The van der Waals surface area contributed by atoms with Crippen LogP contribution in [0.4, 0.5) is 11.6 Å². The lowest BCUT2D eigenvalue weighted by Crippen LogP contribution is -2.35. The van der Waals surface area contributed by atoms with Gasteiger partial charge < -0.3 is 44.8 Å². The van der Waals surface area contributed by atoms with Gasteiger partial charge in [-0.15, -0.1) is 0 Å². The Labute approximate surface area is 309 Å². The molecule has 4 saturated heterocycles. The molecule has 6 fully saturated rings. The molecule has 2 saturated carbocycles. The Morgan fingerprint density at radius 1 is 0.698 bits per heavy atom. The van der Waals surface area contributed by atoms with Crippen molar-refractivity contribution in [2.24, 2.45) is 11.8 Å². The van der Waals surface area contributed by atoms with Crippen molar-refractivity contribution in [1.29, 1.82) is 0 Å². The SMILES string of the molecule is C.CCCN(C)C[C@H]1C[C@]12O[C@@H](n1cnc3c(N)ncnc31)C1OC(C)(C)O[C@H]12.CC[C@H]1C[C@]12O[C@@H](n1cnc3c(N)ncnc31)C1OC(C)(C)O[C@H]12. The first-order chi connectivity index (χ1) is 24.8. The van der Waals surface area contributed by atoms with Crippen molar-refractivity contribution in [3.8, 4) is 0 Å². The third-order valence-electron chi connectivity index (χ3n) is 11.6. The van der Waals surface area contributed by atoms with Crippen molar-refractivity contribution in [1.82, 2.24) is 43.9 Å². The zero-order valence-electron chi connectivity index (χ0n) is 30.8. The molecule has 0 amide bonds. The number of hydrogen-bond acceptors (Lipinski definition) is 15. The Kier molecular flexibility index (Phi) is 8.57. The summed E-state index contributed by atoms with van der Waals surface area (Å²) in [5.74, 6) is 0.398. The fourth-order valence-corrected chi connectivity index (χ4v) is 9.21. The average molecular weight is 736 g/mol. The predicted octanol–water partition coefficient (Wildman–Crippen LogP) is 3.82. The first-order valence-corrected chi connectivity index (χ1v) is 18.4. The van der Waals surface area contributed by atoms with Crippen LogP contribution in [0.2, 0.25) is 0 Å². The maximum Gasteiger partial charge on any atom is 0.167 e. The molecule has 2 spiro atoms. The minimum absolute atomic E-state index is 0. The number of nitrogen functional groups attached to an aromatic ring is 2. The standard InChI is InChI=1S/C19H28N6O3.C16H21N5O3.CH4/c1-5-6-24(4)8-11-7-19(11)14-13(26-18(2,3)27-14)17(28-19)25-10-23-12-15(20)21-9-22-16(12)25;1-4-8-5-16(8)11-10(22-15(2,3)23-11)14(24-16)21-7-20-9-12(17)18-6-19-13(9)21;/h9-11,13-14,17H,5-8H2,1-4H3,(H2,20,21,22);6-8,10-11,14H,4-5H2,1-3H3,(H2,17,18,19);1H4/t11-,13?,14-,17-,19+;8-,10?,11+,14+,16-;/m10./s1. The molecule has 4 N–H and O–H groups in total. The lowest BCUT2D eigenvalue weighted by molar-refractivity contribution is -0.203. The number of nitrogens with two attached hydrogens (primary N) is 2. The highest BCUT2D eigenvalue weighted by atomic mass is 16.8. The van der Waals surface area contributed by atoms with Crippen molar-refractivity contribution < 1.29 is 28.4 Å². The molecule has 4 aliphatic heterocycles. The lowest BCUT2D eigenvalue weighted by atomic mass is 10.1. The van der Waals surface area contributed by atoms with Gasteiger partial charge >= 0.3 is 0 Å². The first kappa shape index (κ1) is 36.4. The van der Waals surface area contributed by atoms with Crippen molar-refractivity contribution in [2.45, 2.75) is 134 Å². The molecule has 8 heterocycles. The van der Waals surface area contributed by atoms with Crippen LogP contribution in [0.25, 0.3) is 22.3 Å². The van der Waals surface area contributed by atoms with Gasteiger partial charge in [-0.25, -0.2) is 29.9 Å². The number of imidazole rings is 2. The van der Waals surface area contributed by atoms with Crippen molar-refractivity contribution in [2.75, 3.05) is 31.6 Å². The molecule has 10 atom stereocenters. The summed E-state index contributed by atoms with van der Waals surface area (Å²) >= 11 is 0. The van der Waals surface area contributed by atoms with Crippen LogP contribution in [-0.2, 0) is 28.4 Å². The van der Waals surface area contributed by atoms with Gasteiger partial charge in [0.05, 0.1) is 12.7 Å². The van der Waals surface area contributed by atoms with E-state index in [1.165, 1.54) is 12.7 Å². The molecule has 17 heteroatoms. The van der Waals surface area contributed by atoms with Gasteiger partial charge in [0.2, 0.25) is 0 Å². The highest BCUT2D eigenvalue weighted by Crippen LogP contribution is 2.64. The third kappa shape index (κ3) is 5.69. The van der Waals surface area contributed by atoms with E-state index in [1.807, 2.05) is 36.8 Å². The second-order valence-electron chi connectivity index (χ2n) is 16.1. The molecule has 53 heavy (non-hydrogen) atoms. The van der Waals surface area contributed by atoms with Gasteiger partial charge in [-0.05, 0) is 66.5 Å². The number of ether oxygens (including phenoxy) is 6. The minimum Gasteiger partial charge on any atom is -0.382 e. The Morgan fingerprint density at radius 3 is 1.62 bits per heavy atom. The fourth-order valence-electron chi connectivity index (χ4n) is 9.21. The van der Waals surface area contributed by atoms with Crippen LogP contribution in [-0.4, -0.2) is 111 Å². The van der Waals surface area contributed by atoms with E-state index in [1.54, 1.807) is 12.7 Å². The number of aromatic nitrogens is 8. The molecule has 17 nitrogen and oxygen atoms in total. The third-order valence-corrected chi connectivity index (χ3v) is 11.6. The molecule has 288 valence electrons. The van der Waals surface area contributed by atoms with Crippen LogP contribution < -0.4 is 11.5 Å². The van der Waals surface area contributed by atoms with Gasteiger partial charge in [0.15, 0.2) is 47.0 Å². The monoisotopic (exact) mass is 735 g/mol. The molecule has 4 aromatic rings. The Hall–Kier alpha value is -3.58. The smallest absolute Gasteiger partial charge is 0.167 e. The van der Waals surface area contributed by atoms with Gasteiger partial charge in [0.25, 0.3) is 0 Å². The van der Waals surface area contributed by atoms with E-state index >= 15 is 0 Å². The molecule has 2 aliphatic carbocycles. The van der Waals surface area contributed by atoms with E-state index in [2.05, 4.69) is 55.7 Å². The number of fused-ring (bicyclic) bond motifs is 6. The summed E-state index contributed by atoms with van der Waals surface area (Å²) in [6.07, 6.45) is 9.23. The molecular formula is C36H53N11O6. The maximum atomic E-state index is 6.65. The Morgan fingerprint density at radius 2 is 1.17 bits per heavy atom. The fraction of sp³-hybridized carbons (Fsp3) is 0.722. The van der Waals surface area contributed by atoms with E-state index in [-0.39, 0.29) is 55.5 Å². The van der Waals surface area contributed by atoms with Gasteiger partial charge in [0, 0.05) is 12.5 Å². The zero-order chi connectivity index (χ0) is 36.4. The van der Waals surface area contributed by atoms with Crippen LogP contribution in [0.15, 0.2) is 25.3 Å². The summed E-state index contributed by atoms with van der Waals surface area (Å²) in [6, 6.07) is 0. The molecule has 10 rings (SSSR count). The zero-order valence-corrected chi connectivity index (χ0v) is 30.8. The van der Waals surface area contributed by atoms with Gasteiger partial charge in [-0.3, -0.25) is 9.13 Å². The van der Waals surface area contributed by atoms with Crippen LogP contribution in [0.1, 0.15) is 87.1 Å². The Balaban J connectivity index is 0.000000150. The summed E-state index contributed by atoms with van der Waals surface area (Å²) in [7, 11) is 2.17. The van der Waals surface area contributed by atoms with Crippen LogP contribution in [0, 0.1) is 11.8 Å². The highest BCUT2D eigenvalue weighted by molar-refractivity contribution is 5.81. The van der Waals surface area contributed by atoms with E-state index in [9.17, 15) is 0 Å². The number of hydrogen-bond donors (Lipinski definition) is 2. The summed E-state index contributed by atoms with van der Waals surface area (Å²) in [6.45, 7) is 14.3. The van der Waals surface area contributed by atoms with E-state index < -0.39 is 11.6 Å². The largest absolute Gasteiger partial charge is 0.382 e. The van der Waals surface area contributed by atoms with Gasteiger partial charge in [0.1, 0.15) is 59.3 Å². The lowest BCUT2D eigenvalue weighted by Gasteiger charge is -2.26. The maximum absolute atomic E-state index is 6.65. The minimum atomic E-state index is -0.642. The van der Waals surface area contributed by atoms with E-state index in [0.29, 0.717) is 45.8 Å². The molecule has 6 aliphatic rings. The van der Waals surface area contributed by atoms with E-state index in [0.717, 1.165) is 38.8 Å². The van der Waals surface area contributed by atoms with Crippen LogP contribution >= 0.6 is 0 Å². The molecule has 4 aromatic heterocycles. The summed E-state index contributed by atoms with van der Waals surface area (Å²) in [5.41, 5.74) is 13.8. The van der Waals surface area contributed by atoms with Gasteiger partial charge in [-0.2, -0.15) is 0 Å². The average Bonchev–Trinajstić information content (AvgIpc) is 3.43. The summed E-state index contributed by atoms with van der Waals surface area (Å²) in [4.78, 5) is 27.9. The van der Waals surface area contributed by atoms with Crippen LogP contribution in [0.3, 0.4) is 0 Å². The second kappa shape index (κ2) is 12.5. The normalized spacial score (nSPS) is 36.9. The van der Waals surface area contributed by atoms with Gasteiger partial charge in [-0.1, -0.05) is 27.7 Å². The summed E-state index contributed by atoms with van der Waals surface area (Å²) < 4.78 is 42.0. The number of rotatable bonds is 7. The quantitative estimate of drug-likeness (QED) is 0.278. The molecule has 0 bridgehead atoms. The molecule has 2 unspecified atom stereocenters. The van der Waals surface area contributed by atoms with Crippen molar-refractivity contribution >= 4 is 34.0 Å². The predicted molar refractivity (Wildman–Crippen MR) is 194 cm³/mol. The number of nitrogens with zero attached hydrogens (tertiary/aromatic N) is 9. The molecular weight excluding hydrogens is 682 g/mol. The highest BCUT2D eigenvalue weighted by Gasteiger charge is 2.74. The second-order valence-corrected chi connectivity index (χ2v) is 16.1. The molecule has 0 radical (unpaired) electrons. The Bertz CT molecular complexity index is 2000. The molecule has 0 aromatic carbocycles. The van der Waals surface area contributed by atoms with E-state index in [4.69, 9.17) is 39.9 Å². The first-order valence-electron chi connectivity index (χ1n) is 18.4. The number of anilines is 2. The van der Waals surface area contributed by atoms with Crippen LogP contribution in [0.5, 0.6) is 0 Å². The van der Waals surface area contributed by atoms with Crippen molar-refractivity contribution in [3.05, 3.63) is 25.3 Å².